The number of carbonyl (C=O) groups excluding carboxylic acids is 1. The highest BCUT2D eigenvalue weighted by atomic mass is 16.1. The van der Waals surface area contributed by atoms with E-state index in [-0.39, 0.29) is 5.78 Å². The fourth-order valence-corrected chi connectivity index (χ4v) is 1.91. The van der Waals surface area contributed by atoms with E-state index in [4.69, 9.17) is 0 Å². The summed E-state index contributed by atoms with van der Waals surface area (Å²) >= 11 is 0. The highest BCUT2D eigenvalue weighted by Gasteiger charge is 1.98. The molecule has 0 saturated carbocycles. The number of rotatable bonds is 4. The van der Waals surface area contributed by atoms with Crippen molar-refractivity contribution in [1.29, 1.82) is 0 Å². The zero-order chi connectivity index (χ0) is 12.1. The van der Waals surface area contributed by atoms with E-state index in [9.17, 15) is 4.79 Å². The second-order valence-corrected chi connectivity index (χ2v) is 4.12. The van der Waals surface area contributed by atoms with Gasteiger partial charge >= 0.3 is 0 Å². The van der Waals surface area contributed by atoms with Crippen molar-refractivity contribution in [3.63, 3.8) is 0 Å². The van der Waals surface area contributed by atoms with Crippen molar-refractivity contribution in [2.45, 2.75) is 19.8 Å². The molecule has 0 aromatic heterocycles. The molecule has 0 N–H and O–H groups in total. The van der Waals surface area contributed by atoms with E-state index in [1.807, 2.05) is 37.3 Å². The van der Waals surface area contributed by atoms with Crippen LogP contribution in [0.15, 0.2) is 48.5 Å². The van der Waals surface area contributed by atoms with Crippen LogP contribution in [-0.2, 0) is 4.79 Å². The smallest absolute Gasteiger partial charge is 0.155 e. The Kier molecular flexibility index (Phi) is 3.71. The van der Waals surface area contributed by atoms with Crippen molar-refractivity contribution in [3.8, 4) is 0 Å². The Morgan fingerprint density at radius 1 is 1.12 bits per heavy atom. The zero-order valence-corrected chi connectivity index (χ0v) is 10.0. The van der Waals surface area contributed by atoms with Crippen LogP contribution in [0.3, 0.4) is 0 Å². The zero-order valence-electron chi connectivity index (χ0n) is 10.0. The van der Waals surface area contributed by atoms with Crippen LogP contribution >= 0.6 is 0 Å². The van der Waals surface area contributed by atoms with Gasteiger partial charge in [-0.2, -0.15) is 0 Å². The van der Waals surface area contributed by atoms with Gasteiger partial charge < -0.3 is 0 Å². The molecule has 0 bridgehead atoms. The van der Waals surface area contributed by atoms with Gasteiger partial charge in [-0.15, -0.1) is 0 Å². The standard InChI is InChI=1S/C16H16O/c1-2-6-15(17)12-11-14-9-5-8-13-7-3-4-10-16(13)14/h3-5,7-12H,2,6H2,1H3/b12-11+. The average Bonchev–Trinajstić information content (AvgIpc) is 2.36. The molecule has 86 valence electrons. The third-order valence-electron chi connectivity index (χ3n) is 2.77. The van der Waals surface area contributed by atoms with E-state index >= 15 is 0 Å². The molecule has 0 amide bonds. The predicted octanol–water partition coefficient (Wildman–Crippen LogP) is 4.22. The van der Waals surface area contributed by atoms with Gasteiger partial charge in [-0.1, -0.05) is 55.5 Å². The molecule has 0 fully saturated rings. The molecule has 0 unspecified atom stereocenters. The second kappa shape index (κ2) is 5.44. The number of allylic oxidation sites excluding steroid dienone is 1. The van der Waals surface area contributed by atoms with Crippen LogP contribution in [0.25, 0.3) is 16.8 Å². The molecule has 0 aliphatic rings. The maximum Gasteiger partial charge on any atom is 0.155 e. The first-order valence-electron chi connectivity index (χ1n) is 6.00. The molecule has 0 spiro atoms. The molecule has 0 atom stereocenters. The third kappa shape index (κ3) is 2.82. The first kappa shape index (κ1) is 11.6. The van der Waals surface area contributed by atoms with Crippen LogP contribution in [0, 0.1) is 0 Å². The number of ketones is 1. The van der Waals surface area contributed by atoms with E-state index in [0.717, 1.165) is 12.0 Å². The fourth-order valence-electron chi connectivity index (χ4n) is 1.91. The Morgan fingerprint density at radius 2 is 1.88 bits per heavy atom. The molecule has 1 nitrogen and oxygen atoms in total. The van der Waals surface area contributed by atoms with E-state index in [2.05, 4.69) is 18.2 Å². The Balaban J connectivity index is 2.33. The number of hydrogen-bond acceptors (Lipinski definition) is 1. The van der Waals surface area contributed by atoms with E-state index < -0.39 is 0 Å². The minimum absolute atomic E-state index is 0.195. The third-order valence-corrected chi connectivity index (χ3v) is 2.77. The van der Waals surface area contributed by atoms with Crippen LogP contribution in [0.2, 0.25) is 0 Å². The maximum absolute atomic E-state index is 11.5. The molecular weight excluding hydrogens is 208 g/mol. The lowest BCUT2D eigenvalue weighted by Crippen LogP contribution is -1.89. The van der Waals surface area contributed by atoms with Crippen molar-refractivity contribution in [2.75, 3.05) is 0 Å². The lowest BCUT2D eigenvalue weighted by atomic mass is 10.0. The van der Waals surface area contributed by atoms with Gasteiger partial charge in [0.05, 0.1) is 0 Å². The summed E-state index contributed by atoms with van der Waals surface area (Å²) in [5.74, 6) is 0.195. The minimum Gasteiger partial charge on any atom is -0.295 e. The van der Waals surface area contributed by atoms with Crippen LogP contribution in [0.4, 0.5) is 0 Å². The molecule has 17 heavy (non-hydrogen) atoms. The summed E-state index contributed by atoms with van der Waals surface area (Å²) in [5.41, 5.74) is 1.10. The van der Waals surface area contributed by atoms with Gasteiger partial charge in [0, 0.05) is 6.42 Å². The highest BCUT2D eigenvalue weighted by Crippen LogP contribution is 2.19. The molecule has 0 saturated heterocycles. The molecule has 0 radical (unpaired) electrons. The molecule has 0 aliphatic carbocycles. The lowest BCUT2D eigenvalue weighted by molar-refractivity contribution is -0.114. The van der Waals surface area contributed by atoms with E-state index in [1.54, 1.807) is 6.08 Å². The predicted molar refractivity (Wildman–Crippen MR) is 72.9 cm³/mol. The van der Waals surface area contributed by atoms with Gasteiger partial charge in [0.2, 0.25) is 0 Å². The van der Waals surface area contributed by atoms with Crippen molar-refractivity contribution in [2.24, 2.45) is 0 Å². The Labute approximate surface area is 102 Å². The summed E-state index contributed by atoms with van der Waals surface area (Å²) in [6, 6.07) is 14.4. The van der Waals surface area contributed by atoms with Crippen molar-refractivity contribution in [1.82, 2.24) is 0 Å². The molecule has 2 rings (SSSR count). The van der Waals surface area contributed by atoms with Crippen molar-refractivity contribution >= 4 is 22.6 Å². The van der Waals surface area contributed by atoms with Crippen LogP contribution < -0.4 is 0 Å². The highest BCUT2D eigenvalue weighted by molar-refractivity contribution is 5.97. The molecule has 0 aliphatic heterocycles. The molecule has 2 aromatic rings. The van der Waals surface area contributed by atoms with Crippen LogP contribution in [0.5, 0.6) is 0 Å². The minimum atomic E-state index is 0.195. The molecular formula is C16H16O. The fraction of sp³-hybridized carbons (Fsp3) is 0.188. The normalized spacial score (nSPS) is 11.1. The van der Waals surface area contributed by atoms with Crippen molar-refractivity contribution in [3.05, 3.63) is 54.1 Å². The van der Waals surface area contributed by atoms with Gasteiger partial charge in [-0.3, -0.25) is 4.79 Å². The summed E-state index contributed by atoms with van der Waals surface area (Å²) < 4.78 is 0. The van der Waals surface area contributed by atoms with E-state index in [0.29, 0.717) is 6.42 Å². The number of benzene rings is 2. The Bertz CT molecular complexity index is 547. The summed E-state index contributed by atoms with van der Waals surface area (Å²) in [7, 11) is 0. The van der Waals surface area contributed by atoms with Crippen LogP contribution in [-0.4, -0.2) is 5.78 Å². The molecule has 2 aromatic carbocycles. The Hall–Kier alpha value is -1.89. The Morgan fingerprint density at radius 3 is 2.71 bits per heavy atom. The first-order valence-corrected chi connectivity index (χ1v) is 6.00. The number of fused-ring (bicyclic) bond motifs is 1. The summed E-state index contributed by atoms with van der Waals surface area (Å²) in [5, 5.41) is 2.40. The SMILES string of the molecule is CCCC(=O)/C=C/c1cccc2ccccc12. The summed E-state index contributed by atoms with van der Waals surface area (Å²) in [6.45, 7) is 2.02. The maximum atomic E-state index is 11.5. The van der Waals surface area contributed by atoms with E-state index in [1.165, 1.54) is 10.8 Å². The molecule has 0 heterocycles. The van der Waals surface area contributed by atoms with Gasteiger partial charge in [0.25, 0.3) is 0 Å². The van der Waals surface area contributed by atoms with Gasteiger partial charge in [0.1, 0.15) is 0 Å². The first-order chi connectivity index (χ1) is 8.31. The number of carbonyl (C=O) groups is 1. The largest absolute Gasteiger partial charge is 0.295 e. The monoisotopic (exact) mass is 224 g/mol. The second-order valence-electron chi connectivity index (χ2n) is 4.12. The van der Waals surface area contributed by atoms with Gasteiger partial charge in [-0.25, -0.2) is 0 Å². The van der Waals surface area contributed by atoms with Crippen LogP contribution in [0.1, 0.15) is 25.3 Å². The quantitative estimate of drug-likeness (QED) is 0.710. The van der Waals surface area contributed by atoms with Crippen molar-refractivity contribution < 1.29 is 4.79 Å². The summed E-state index contributed by atoms with van der Waals surface area (Å²) in [4.78, 5) is 11.5. The average molecular weight is 224 g/mol. The lowest BCUT2D eigenvalue weighted by Gasteiger charge is -2.01. The molecule has 1 heteroatoms. The summed E-state index contributed by atoms with van der Waals surface area (Å²) in [6.07, 6.45) is 5.13. The topological polar surface area (TPSA) is 17.1 Å². The number of hydrogen-bond donors (Lipinski definition) is 0. The van der Waals surface area contributed by atoms with Gasteiger partial charge in [-0.05, 0) is 28.8 Å². The van der Waals surface area contributed by atoms with Gasteiger partial charge in [0.15, 0.2) is 5.78 Å².